The van der Waals surface area contributed by atoms with Crippen LogP contribution in [0.4, 0.5) is 0 Å². The molecule has 1 rings (SSSR count). The Hall–Kier alpha value is -1.94. The van der Waals surface area contributed by atoms with E-state index in [1.807, 2.05) is 6.92 Å². The predicted octanol–water partition coefficient (Wildman–Crippen LogP) is 7.23. The van der Waals surface area contributed by atoms with Crippen molar-refractivity contribution in [3.8, 4) is 0 Å². The molecule has 0 bridgehead atoms. The molecule has 0 aromatic heterocycles. The maximum Gasteiger partial charge on any atom is 0.397 e. The number of aliphatic hydroxyl groups is 3. The van der Waals surface area contributed by atoms with E-state index in [9.17, 15) is 28.5 Å². The standard InChI is InChI=1S/C40H70O12S/c1-3-5-7-8-9-10-11-12-13-14-15-16-17-18-19-20-21-22-23-24-25-26-27-28-30-48-32-34(50-36(42)29-6-4-2)33-49-40-38(44)39(52-53(45,46)47)37(43)35(31-41)51-40/h5,7,9-10,12-13,15-16,34-35,37-41,43-44H,3-4,6,8,11,14,17-33H2,1-2H3,(H,45,46,47)/b7-5-,10-9-,13-12-,16-15-. The highest BCUT2D eigenvalue weighted by Gasteiger charge is 2.48. The summed E-state index contributed by atoms with van der Waals surface area (Å²) in [4.78, 5) is 12.3. The van der Waals surface area contributed by atoms with Gasteiger partial charge in [-0.25, -0.2) is 4.18 Å². The Balaban J connectivity index is 2.18. The average molecular weight is 775 g/mol. The average Bonchev–Trinajstić information content (AvgIpc) is 3.13. The van der Waals surface area contributed by atoms with Gasteiger partial charge in [0.1, 0.15) is 30.5 Å². The van der Waals surface area contributed by atoms with Crippen molar-refractivity contribution >= 4 is 16.4 Å². The molecule has 13 heteroatoms. The van der Waals surface area contributed by atoms with Crippen LogP contribution in [0.2, 0.25) is 0 Å². The first-order valence-electron chi connectivity index (χ1n) is 19.9. The smallest absolute Gasteiger partial charge is 0.397 e. The number of hydrogen-bond donors (Lipinski definition) is 4. The fraction of sp³-hybridized carbons (Fsp3) is 0.775. The second-order valence-electron chi connectivity index (χ2n) is 13.5. The molecule has 1 saturated heterocycles. The number of aliphatic hydroxyl groups excluding tert-OH is 3. The van der Waals surface area contributed by atoms with Crippen molar-refractivity contribution in [1.29, 1.82) is 0 Å². The molecule has 0 aromatic carbocycles. The van der Waals surface area contributed by atoms with E-state index in [1.54, 1.807) is 0 Å². The Morgan fingerprint density at radius 1 is 0.736 bits per heavy atom. The van der Waals surface area contributed by atoms with E-state index in [-0.39, 0.29) is 19.6 Å². The third kappa shape index (κ3) is 26.5. The topological polar surface area (TPSA) is 178 Å². The van der Waals surface area contributed by atoms with Crippen molar-refractivity contribution in [1.82, 2.24) is 0 Å². The normalized spacial score (nSPS) is 21.8. The second kappa shape index (κ2) is 32.3. The Labute approximate surface area is 319 Å². The molecule has 1 aliphatic heterocycles. The summed E-state index contributed by atoms with van der Waals surface area (Å²) in [6.07, 6.45) is 28.7. The number of carbonyl (C=O) groups is 1. The van der Waals surface area contributed by atoms with Crippen LogP contribution in [-0.2, 0) is 38.3 Å². The summed E-state index contributed by atoms with van der Waals surface area (Å²) in [5.41, 5.74) is 0. The summed E-state index contributed by atoms with van der Waals surface area (Å²) >= 11 is 0. The lowest BCUT2D eigenvalue weighted by Crippen LogP contribution is -2.60. The van der Waals surface area contributed by atoms with Crippen LogP contribution in [0, 0.1) is 0 Å². The summed E-state index contributed by atoms with van der Waals surface area (Å²) in [6, 6.07) is 0. The molecule has 0 spiro atoms. The Bertz CT molecular complexity index is 1120. The zero-order chi connectivity index (χ0) is 39.0. The Kier molecular flexibility index (Phi) is 29.9. The van der Waals surface area contributed by atoms with E-state index < -0.39 is 59.8 Å². The summed E-state index contributed by atoms with van der Waals surface area (Å²) in [6.45, 7) is 3.57. The number of rotatable bonds is 33. The number of esters is 1. The molecule has 0 radical (unpaired) electrons. The van der Waals surface area contributed by atoms with Gasteiger partial charge in [-0.2, -0.15) is 8.42 Å². The number of carbonyl (C=O) groups excluding carboxylic acids is 1. The zero-order valence-electron chi connectivity index (χ0n) is 32.3. The van der Waals surface area contributed by atoms with Gasteiger partial charge in [0, 0.05) is 13.0 Å². The van der Waals surface area contributed by atoms with Gasteiger partial charge in [-0.15, -0.1) is 0 Å². The van der Waals surface area contributed by atoms with Crippen molar-refractivity contribution in [3.05, 3.63) is 48.6 Å². The zero-order valence-corrected chi connectivity index (χ0v) is 33.1. The summed E-state index contributed by atoms with van der Waals surface area (Å²) in [5.74, 6) is -0.438. The van der Waals surface area contributed by atoms with E-state index in [2.05, 4.69) is 59.7 Å². The van der Waals surface area contributed by atoms with Gasteiger partial charge in [-0.1, -0.05) is 127 Å². The molecule has 53 heavy (non-hydrogen) atoms. The van der Waals surface area contributed by atoms with Gasteiger partial charge >= 0.3 is 16.4 Å². The minimum absolute atomic E-state index is 0.0289. The van der Waals surface area contributed by atoms with Crippen LogP contribution in [0.5, 0.6) is 0 Å². The van der Waals surface area contributed by atoms with Crippen LogP contribution >= 0.6 is 0 Å². The van der Waals surface area contributed by atoms with E-state index in [1.165, 1.54) is 51.4 Å². The minimum Gasteiger partial charge on any atom is -0.457 e. The van der Waals surface area contributed by atoms with Crippen molar-refractivity contribution in [2.75, 3.05) is 26.4 Å². The highest BCUT2D eigenvalue weighted by Crippen LogP contribution is 2.26. The van der Waals surface area contributed by atoms with E-state index in [0.29, 0.717) is 13.0 Å². The van der Waals surface area contributed by atoms with E-state index in [4.69, 9.17) is 23.5 Å². The van der Waals surface area contributed by atoms with E-state index in [0.717, 1.165) is 57.8 Å². The predicted molar refractivity (Wildman–Crippen MR) is 206 cm³/mol. The lowest BCUT2D eigenvalue weighted by Gasteiger charge is -2.41. The maximum absolute atomic E-state index is 12.3. The largest absolute Gasteiger partial charge is 0.457 e. The molecule has 1 fully saturated rings. The van der Waals surface area contributed by atoms with Crippen LogP contribution in [0.3, 0.4) is 0 Å². The third-order valence-electron chi connectivity index (χ3n) is 8.72. The molecule has 0 aliphatic carbocycles. The molecule has 0 aromatic rings. The fourth-order valence-electron chi connectivity index (χ4n) is 5.70. The molecule has 1 aliphatic rings. The van der Waals surface area contributed by atoms with Crippen LogP contribution < -0.4 is 0 Å². The van der Waals surface area contributed by atoms with Crippen LogP contribution in [0.25, 0.3) is 0 Å². The molecule has 6 unspecified atom stereocenters. The van der Waals surface area contributed by atoms with Crippen molar-refractivity contribution < 1.29 is 56.2 Å². The van der Waals surface area contributed by atoms with Crippen molar-refractivity contribution in [3.63, 3.8) is 0 Å². The first-order valence-corrected chi connectivity index (χ1v) is 21.3. The second-order valence-corrected chi connectivity index (χ2v) is 14.5. The monoisotopic (exact) mass is 774 g/mol. The van der Waals surface area contributed by atoms with Gasteiger partial charge in [0.05, 0.1) is 19.8 Å². The van der Waals surface area contributed by atoms with Crippen LogP contribution in [-0.4, -0.2) is 97.5 Å². The van der Waals surface area contributed by atoms with Gasteiger partial charge in [0.15, 0.2) is 6.29 Å². The van der Waals surface area contributed by atoms with Gasteiger partial charge in [-0.05, 0) is 51.4 Å². The number of unbranched alkanes of at least 4 members (excludes halogenated alkanes) is 12. The number of allylic oxidation sites excluding steroid dienone is 8. The molecule has 308 valence electrons. The SMILES string of the molecule is CC/C=C\C/C=C\C/C=C\C/C=C\CCCCCCCCCCCCCOCC(COC1OC(CO)C(O)C(OS(=O)(=O)O)C1O)OC(=O)CCCC. The highest BCUT2D eigenvalue weighted by atomic mass is 32.3. The number of hydrogen-bond acceptors (Lipinski definition) is 11. The van der Waals surface area contributed by atoms with Gasteiger partial charge in [0.25, 0.3) is 0 Å². The van der Waals surface area contributed by atoms with Crippen molar-refractivity contribution in [2.45, 2.75) is 173 Å². The summed E-state index contributed by atoms with van der Waals surface area (Å²) in [7, 11) is -5.05. The summed E-state index contributed by atoms with van der Waals surface area (Å²) in [5, 5.41) is 30.3. The summed E-state index contributed by atoms with van der Waals surface area (Å²) < 4.78 is 58.2. The molecule has 1 heterocycles. The first kappa shape index (κ1) is 49.1. The molecule has 0 saturated carbocycles. The van der Waals surface area contributed by atoms with E-state index >= 15 is 0 Å². The Morgan fingerprint density at radius 2 is 1.28 bits per heavy atom. The maximum atomic E-state index is 12.3. The van der Waals surface area contributed by atoms with Gasteiger partial charge in [0.2, 0.25) is 0 Å². The fourth-order valence-corrected chi connectivity index (χ4v) is 6.21. The van der Waals surface area contributed by atoms with Crippen LogP contribution in [0.1, 0.15) is 136 Å². The van der Waals surface area contributed by atoms with Crippen molar-refractivity contribution in [2.24, 2.45) is 0 Å². The molecular weight excluding hydrogens is 704 g/mol. The first-order chi connectivity index (χ1) is 25.6. The number of ether oxygens (including phenoxy) is 4. The van der Waals surface area contributed by atoms with Gasteiger partial charge < -0.3 is 34.3 Å². The lowest BCUT2D eigenvalue weighted by atomic mass is 9.99. The Morgan fingerprint density at radius 3 is 1.83 bits per heavy atom. The lowest BCUT2D eigenvalue weighted by molar-refractivity contribution is -0.301. The highest BCUT2D eigenvalue weighted by molar-refractivity contribution is 7.80. The minimum atomic E-state index is -5.05. The quantitative estimate of drug-likeness (QED) is 0.0228. The van der Waals surface area contributed by atoms with Gasteiger partial charge in [-0.3, -0.25) is 9.35 Å². The van der Waals surface area contributed by atoms with Crippen LogP contribution in [0.15, 0.2) is 48.6 Å². The molecular formula is C40H70O12S. The molecule has 0 amide bonds. The third-order valence-corrected chi connectivity index (χ3v) is 9.18. The molecule has 6 atom stereocenters. The molecule has 4 N–H and O–H groups in total. The molecule has 12 nitrogen and oxygen atoms in total.